The molecule has 128 valence electrons. The number of rotatable bonds is 4. The second kappa shape index (κ2) is 7.53. The summed E-state index contributed by atoms with van der Waals surface area (Å²) in [6.45, 7) is 0.427. The minimum atomic E-state index is -0.278. The summed E-state index contributed by atoms with van der Waals surface area (Å²) in [6, 6.07) is 15.4. The minimum absolute atomic E-state index is 0.0178. The van der Waals surface area contributed by atoms with Crippen molar-refractivity contribution >= 4 is 41.3 Å². The molecule has 1 heterocycles. The van der Waals surface area contributed by atoms with Crippen LogP contribution in [0.2, 0.25) is 5.02 Å². The average molecular weight is 355 g/mol. The van der Waals surface area contributed by atoms with Crippen LogP contribution in [0.4, 0.5) is 5.69 Å². The largest absolute Gasteiger partial charge is 0.359 e. The highest BCUT2D eigenvalue weighted by Crippen LogP contribution is 2.26. The van der Waals surface area contributed by atoms with Gasteiger partial charge in [-0.3, -0.25) is 9.59 Å². The van der Waals surface area contributed by atoms with Crippen molar-refractivity contribution in [2.45, 2.75) is 6.42 Å². The zero-order valence-corrected chi connectivity index (χ0v) is 14.7. The predicted octanol–water partition coefficient (Wildman–Crippen LogP) is 3.61. The van der Waals surface area contributed by atoms with Crippen LogP contribution in [0.25, 0.3) is 12.2 Å². The van der Waals surface area contributed by atoms with Crippen molar-refractivity contribution in [3.8, 4) is 0 Å². The molecule has 0 radical (unpaired) electrons. The molecule has 0 spiro atoms. The lowest BCUT2D eigenvalue weighted by atomic mass is 10.1. The van der Waals surface area contributed by atoms with Gasteiger partial charge in [-0.2, -0.15) is 0 Å². The predicted molar refractivity (Wildman–Crippen MR) is 101 cm³/mol. The third-order valence-electron chi connectivity index (χ3n) is 4.26. The van der Waals surface area contributed by atoms with Crippen LogP contribution in [-0.4, -0.2) is 25.4 Å². The van der Waals surface area contributed by atoms with Gasteiger partial charge >= 0.3 is 0 Å². The van der Waals surface area contributed by atoms with Gasteiger partial charge in [0.05, 0.1) is 5.92 Å². The summed E-state index contributed by atoms with van der Waals surface area (Å²) in [7, 11) is 1.59. The van der Waals surface area contributed by atoms with Crippen LogP contribution in [0.3, 0.4) is 0 Å². The highest BCUT2D eigenvalue weighted by molar-refractivity contribution is 6.30. The molecule has 2 amide bonds. The summed E-state index contributed by atoms with van der Waals surface area (Å²) in [5.41, 5.74) is 2.87. The van der Waals surface area contributed by atoms with Crippen LogP contribution in [0.15, 0.2) is 48.5 Å². The van der Waals surface area contributed by atoms with Gasteiger partial charge in [-0.25, -0.2) is 0 Å². The number of carbonyl (C=O) groups excluding carboxylic acids is 2. The number of nitrogens with zero attached hydrogens (tertiary/aromatic N) is 1. The molecule has 3 rings (SSSR count). The van der Waals surface area contributed by atoms with Crippen molar-refractivity contribution < 1.29 is 9.59 Å². The summed E-state index contributed by atoms with van der Waals surface area (Å²) in [6.07, 6.45) is 4.24. The molecule has 0 aliphatic carbocycles. The second-order valence-electron chi connectivity index (χ2n) is 6.00. The van der Waals surface area contributed by atoms with Crippen molar-refractivity contribution in [1.29, 1.82) is 0 Å². The quantitative estimate of drug-likeness (QED) is 0.853. The fourth-order valence-corrected chi connectivity index (χ4v) is 3.10. The maximum absolute atomic E-state index is 12.2. The Bertz CT molecular complexity index is 815. The number of benzene rings is 2. The monoisotopic (exact) mass is 354 g/mol. The molecule has 25 heavy (non-hydrogen) atoms. The normalized spacial score (nSPS) is 17.3. The molecule has 1 saturated heterocycles. The van der Waals surface area contributed by atoms with Gasteiger partial charge < -0.3 is 10.2 Å². The van der Waals surface area contributed by atoms with E-state index in [4.69, 9.17) is 11.6 Å². The molecule has 2 aromatic rings. The molecular weight excluding hydrogens is 336 g/mol. The van der Waals surface area contributed by atoms with E-state index in [9.17, 15) is 9.59 Å². The Morgan fingerprint density at radius 3 is 2.56 bits per heavy atom. The number of hydrogen-bond donors (Lipinski definition) is 1. The lowest BCUT2D eigenvalue weighted by Crippen LogP contribution is -2.30. The molecule has 0 bridgehead atoms. The Balaban J connectivity index is 1.70. The van der Waals surface area contributed by atoms with Crippen molar-refractivity contribution in [3.63, 3.8) is 0 Å². The Labute approximate surface area is 152 Å². The average Bonchev–Trinajstić information content (AvgIpc) is 3.01. The van der Waals surface area contributed by atoms with E-state index in [1.807, 2.05) is 60.7 Å². The molecular formula is C20H19ClN2O2. The highest BCUT2D eigenvalue weighted by Gasteiger charge is 2.34. The summed E-state index contributed by atoms with van der Waals surface area (Å²) < 4.78 is 0. The van der Waals surface area contributed by atoms with Crippen molar-refractivity contribution in [1.82, 2.24) is 5.32 Å². The van der Waals surface area contributed by atoms with Gasteiger partial charge in [0.1, 0.15) is 0 Å². The van der Waals surface area contributed by atoms with Crippen LogP contribution < -0.4 is 10.2 Å². The Kier molecular flexibility index (Phi) is 5.19. The first-order valence-electron chi connectivity index (χ1n) is 8.12. The van der Waals surface area contributed by atoms with Crippen molar-refractivity contribution in [3.05, 3.63) is 64.7 Å². The lowest BCUT2D eigenvalue weighted by molar-refractivity contribution is -0.125. The van der Waals surface area contributed by atoms with E-state index in [1.165, 1.54) is 0 Å². The molecule has 1 atom stereocenters. The van der Waals surface area contributed by atoms with Gasteiger partial charge in [-0.15, -0.1) is 0 Å². The van der Waals surface area contributed by atoms with Crippen LogP contribution in [-0.2, 0) is 9.59 Å². The molecule has 0 saturated carbocycles. The zero-order valence-electron chi connectivity index (χ0n) is 13.9. The maximum atomic E-state index is 12.2. The van der Waals surface area contributed by atoms with Gasteiger partial charge in [-0.1, -0.05) is 48.0 Å². The Morgan fingerprint density at radius 1 is 1.16 bits per heavy atom. The van der Waals surface area contributed by atoms with E-state index < -0.39 is 0 Å². The molecule has 4 nitrogen and oxygen atoms in total. The molecule has 2 aromatic carbocycles. The molecule has 5 heteroatoms. The van der Waals surface area contributed by atoms with Gasteiger partial charge in [-0.05, 0) is 35.4 Å². The van der Waals surface area contributed by atoms with Crippen molar-refractivity contribution in [2.24, 2.45) is 5.92 Å². The zero-order chi connectivity index (χ0) is 17.8. The molecule has 0 unspecified atom stereocenters. The molecule has 0 aromatic heterocycles. The number of carbonyl (C=O) groups is 2. The summed E-state index contributed by atoms with van der Waals surface area (Å²) in [4.78, 5) is 25.5. The number of hydrogen-bond acceptors (Lipinski definition) is 2. The second-order valence-corrected chi connectivity index (χ2v) is 6.44. The number of nitrogens with one attached hydrogen (secondary N) is 1. The first-order valence-corrected chi connectivity index (χ1v) is 8.50. The maximum Gasteiger partial charge on any atom is 0.227 e. The van der Waals surface area contributed by atoms with Crippen molar-refractivity contribution in [2.75, 3.05) is 18.5 Å². The van der Waals surface area contributed by atoms with Crippen LogP contribution in [0, 0.1) is 5.92 Å². The summed E-state index contributed by atoms with van der Waals surface area (Å²) in [5, 5.41) is 3.31. The lowest BCUT2D eigenvalue weighted by Gasteiger charge is -2.16. The fraction of sp³-hybridized carbons (Fsp3) is 0.200. The first-order chi connectivity index (χ1) is 12.1. The van der Waals surface area contributed by atoms with Crippen LogP contribution in [0.1, 0.15) is 17.5 Å². The third-order valence-corrected chi connectivity index (χ3v) is 4.50. The van der Waals surface area contributed by atoms with Crippen LogP contribution in [0.5, 0.6) is 0 Å². The van der Waals surface area contributed by atoms with Gasteiger partial charge in [0.15, 0.2) is 0 Å². The highest BCUT2D eigenvalue weighted by atomic mass is 35.5. The van der Waals surface area contributed by atoms with E-state index in [0.717, 1.165) is 16.8 Å². The SMILES string of the molecule is CNC(=O)[C@H]1CC(=O)N(c2ccc(/C=C/c3cccc(Cl)c3)cc2)C1. The number of halogens is 1. The summed E-state index contributed by atoms with van der Waals surface area (Å²) >= 11 is 5.98. The fourth-order valence-electron chi connectivity index (χ4n) is 2.90. The van der Waals surface area contributed by atoms with Gasteiger partial charge in [0.2, 0.25) is 11.8 Å². The minimum Gasteiger partial charge on any atom is -0.359 e. The van der Waals surface area contributed by atoms with Gasteiger partial charge in [0.25, 0.3) is 0 Å². The first kappa shape index (κ1) is 17.2. The Hall–Kier alpha value is -2.59. The van der Waals surface area contributed by atoms with E-state index in [0.29, 0.717) is 11.6 Å². The molecule has 1 aliphatic heterocycles. The van der Waals surface area contributed by atoms with E-state index in [2.05, 4.69) is 5.32 Å². The third kappa shape index (κ3) is 4.09. The standard InChI is InChI=1S/C20H19ClN2O2/c1-22-20(25)16-12-19(24)23(13-16)18-9-7-14(8-10-18)5-6-15-3-2-4-17(21)11-15/h2-11,16H,12-13H2,1H3,(H,22,25)/b6-5+/t16-/m0/s1. The topological polar surface area (TPSA) is 49.4 Å². The molecule has 1 aliphatic rings. The molecule has 1 fully saturated rings. The smallest absolute Gasteiger partial charge is 0.227 e. The van der Waals surface area contributed by atoms with E-state index in [1.54, 1.807) is 11.9 Å². The van der Waals surface area contributed by atoms with E-state index >= 15 is 0 Å². The van der Waals surface area contributed by atoms with Gasteiger partial charge in [0, 0.05) is 30.7 Å². The number of amides is 2. The Morgan fingerprint density at radius 2 is 1.88 bits per heavy atom. The molecule has 1 N–H and O–H groups in total. The summed E-state index contributed by atoms with van der Waals surface area (Å²) in [5.74, 6) is -0.382. The number of anilines is 1. The van der Waals surface area contributed by atoms with E-state index in [-0.39, 0.29) is 24.2 Å². The van der Waals surface area contributed by atoms with Crippen LogP contribution >= 0.6 is 11.6 Å².